The molecule has 1 aromatic carbocycles. The highest BCUT2D eigenvalue weighted by atomic mass is 35.5. The van der Waals surface area contributed by atoms with Gasteiger partial charge >= 0.3 is 0 Å². The summed E-state index contributed by atoms with van der Waals surface area (Å²) in [5.74, 6) is 1.51. The average Bonchev–Trinajstić information content (AvgIpc) is 2.43. The first kappa shape index (κ1) is 13.5. The minimum atomic E-state index is 0.688. The van der Waals surface area contributed by atoms with Crippen molar-refractivity contribution in [3.05, 3.63) is 41.0 Å². The van der Waals surface area contributed by atoms with Gasteiger partial charge in [0, 0.05) is 36.1 Å². The third-order valence-electron chi connectivity index (χ3n) is 2.78. The van der Waals surface area contributed by atoms with E-state index in [1.54, 1.807) is 19.4 Å². The zero-order valence-corrected chi connectivity index (χ0v) is 11.9. The summed E-state index contributed by atoms with van der Waals surface area (Å²) < 4.78 is 5.33. The molecule has 0 bridgehead atoms. The topological polar surface area (TPSA) is 46.2 Å². The number of nitrogens with one attached hydrogen (secondary N) is 2. The van der Waals surface area contributed by atoms with Gasteiger partial charge in [-0.1, -0.05) is 11.6 Å². The predicted molar refractivity (Wildman–Crippen MR) is 79.8 cm³/mol. The number of hydrogen-bond acceptors (Lipinski definition) is 4. The molecule has 0 aliphatic rings. The number of aryl methyl sites for hydroxylation is 1. The second-order valence-electron chi connectivity index (χ2n) is 4.11. The summed E-state index contributed by atoms with van der Waals surface area (Å²) in [4.78, 5) is 4.17. The first-order valence-corrected chi connectivity index (χ1v) is 6.27. The highest BCUT2D eigenvalue weighted by Gasteiger charge is 2.07. The molecule has 0 spiro atoms. The van der Waals surface area contributed by atoms with E-state index in [1.165, 1.54) is 0 Å². The zero-order chi connectivity index (χ0) is 13.8. The third-order valence-corrected chi connectivity index (χ3v) is 3.18. The molecule has 0 aliphatic carbocycles. The van der Waals surface area contributed by atoms with Gasteiger partial charge in [0.1, 0.15) is 11.6 Å². The number of anilines is 3. The maximum absolute atomic E-state index is 6.09. The third kappa shape index (κ3) is 3.09. The average molecular weight is 278 g/mol. The number of halogens is 1. The van der Waals surface area contributed by atoms with Crippen molar-refractivity contribution in [2.45, 2.75) is 6.92 Å². The Morgan fingerprint density at radius 2 is 2.05 bits per heavy atom. The van der Waals surface area contributed by atoms with Crippen molar-refractivity contribution in [3.63, 3.8) is 0 Å². The monoisotopic (exact) mass is 277 g/mol. The molecule has 0 aliphatic heterocycles. The molecule has 5 heteroatoms. The normalized spacial score (nSPS) is 10.1. The molecule has 19 heavy (non-hydrogen) atoms. The van der Waals surface area contributed by atoms with E-state index < -0.39 is 0 Å². The first-order valence-electron chi connectivity index (χ1n) is 5.89. The van der Waals surface area contributed by atoms with Gasteiger partial charge in [0.05, 0.1) is 12.8 Å². The fourth-order valence-corrected chi connectivity index (χ4v) is 1.88. The maximum atomic E-state index is 6.09. The molecule has 4 nitrogen and oxygen atoms in total. The van der Waals surface area contributed by atoms with Crippen LogP contribution in [0.5, 0.6) is 5.75 Å². The van der Waals surface area contributed by atoms with Gasteiger partial charge in [-0.05, 0) is 24.6 Å². The fourth-order valence-electron chi connectivity index (χ4n) is 1.73. The number of nitrogens with zero attached hydrogens (tertiary/aromatic N) is 1. The van der Waals surface area contributed by atoms with E-state index in [2.05, 4.69) is 15.6 Å². The van der Waals surface area contributed by atoms with Gasteiger partial charge in [-0.3, -0.25) is 0 Å². The van der Waals surface area contributed by atoms with Gasteiger partial charge in [0.2, 0.25) is 0 Å². The number of aromatic nitrogens is 1. The Morgan fingerprint density at radius 1 is 1.26 bits per heavy atom. The van der Waals surface area contributed by atoms with Crippen LogP contribution < -0.4 is 15.4 Å². The summed E-state index contributed by atoms with van der Waals surface area (Å²) in [7, 11) is 3.46. The molecule has 1 heterocycles. The van der Waals surface area contributed by atoms with E-state index in [4.69, 9.17) is 16.3 Å². The second-order valence-corrected chi connectivity index (χ2v) is 4.51. The Labute approximate surface area is 117 Å². The van der Waals surface area contributed by atoms with Gasteiger partial charge in [-0.15, -0.1) is 0 Å². The largest absolute Gasteiger partial charge is 0.495 e. The van der Waals surface area contributed by atoms with Crippen LogP contribution in [0.1, 0.15) is 5.56 Å². The fraction of sp³-hybridized carbons (Fsp3) is 0.214. The number of benzene rings is 1. The van der Waals surface area contributed by atoms with Crippen molar-refractivity contribution in [2.24, 2.45) is 0 Å². The van der Waals surface area contributed by atoms with Crippen LogP contribution >= 0.6 is 11.6 Å². The van der Waals surface area contributed by atoms with Crippen LogP contribution in [-0.2, 0) is 0 Å². The summed E-state index contributed by atoms with van der Waals surface area (Å²) in [6.45, 7) is 1.96. The summed E-state index contributed by atoms with van der Waals surface area (Å²) in [6, 6.07) is 7.58. The summed E-state index contributed by atoms with van der Waals surface area (Å²) in [5.41, 5.74) is 2.80. The van der Waals surface area contributed by atoms with Crippen molar-refractivity contribution < 1.29 is 4.74 Å². The SMILES string of the molecule is CNc1cc(Nc2cc(C)c(Cl)cc2OC)ccn1. The van der Waals surface area contributed by atoms with Gasteiger partial charge < -0.3 is 15.4 Å². The molecular formula is C14H16ClN3O. The van der Waals surface area contributed by atoms with Crippen molar-refractivity contribution in [2.75, 3.05) is 24.8 Å². The van der Waals surface area contributed by atoms with E-state index in [0.717, 1.165) is 22.8 Å². The van der Waals surface area contributed by atoms with Crippen LogP contribution in [0.25, 0.3) is 0 Å². The second kappa shape index (κ2) is 5.80. The molecule has 2 rings (SSSR count). The molecule has 0 atom stereocenters. The van der Waals surface area contributed by atoms with Crippen LogP contribution in [0, 0.1) is 6.92 Å². The zero-order valence-electron chi connectivity index (χ0n) is 11.1. The lowest BCUT2D eigenvalue weighted by Gasteiger charge is -2.13. The van der Waals surface area contributed by atoms with E-state index in [1.807, 2.05) is 32.2 Å². The molecule has 0 radical (unpaired) electrons. The predicted octanol–water partition coefficient (Wildman–Crippen LogP) is 3.84. The van der Waals surface area contributed by atoms with E-state index in [0.29, 0.717) is 10.8 Å². The van der Waals surface area contributed by atoms with Gasteiger partial charge in [0.15, 0.2) is 0 Å². The molecule has 1 aromatic heterocycles. The van der Waals surface area contributed by atoms with E-state index in [9.17, 15) is 0 Å². The Hall–Kier alpha value is -1.94. The van der Waals surface area contributed by atoms with Crippen LogP contribution in [0.4, 0.5) is 17.2 Å². The first-order chi connectivity index (χ1) is 9.13. The Kier molecular flexibility index (Phi) is 4.12. The lowest BCUT2D eigenvalue weighted by molar-refractivity contribution is 0.417. The maximum Gasteiger partial charge on any atom is 0.143 e. The molecule has 0 saturated carbocycles. The number of rotatable bonds is 4. The van der Waals surface area contributed by atoms with Crippen molar-refractivity contribution >= 4 is 28.8 Å². The highest BCUT2D eigenvalue weighted by Crippen LogP contribution is 2.33. The summed E-state index contributed by atoms with van der Waals surface area (Å²) in [6.07, 6.45) is 1.74. The van der Waals surface area contributed by atoms with Gasteiger partial charge in [-0.2, -0.15) is 0 Å². The van der Waals surface area contributed by atoms with E-state index in [-0.39, 0.29) is 0 Å². The summed E-state index contributed by atoms with van der Waals surface area (Å²) >= 11 is 6.09. The molecule has 100 valence electrons. The van der Waals surface area contributed by atoms with Crippen LogP contribution in [0.2, 0.25) is 5.02 Å². The van der Waals surface area contributed by atoms with Crippen molar-refractivity contribution in [1.29, 1.82) is 0 Å². The number of hydrogen-bond donors (Lipinski definition) is 2. The van der Waals surface area contributed by atoms with Crippen LogP contribution in [0.3, 0.4) is 0 Å². The Bertz CT molecular complexity index is 587. The molecule has 0 amide bonds. The molecular weight excluding hydrogens is 262 g/mol. The Morgan fingerprint density at radius 3 is 2.74 bits per heavy atom. The van der Waals surface area contributed by atoms with Crippen LogP contribution in [-0.4, -0.2) is 19.1 Å². The highest BCUT2D eigenvalue weighted by molar-refractivity contribution is 6.31. The summed E-state index contributed by atoms with van der Waals surface area (Å²) in [5, 5.41) is 6.99. The van der Waals surface area contributed by atoms with Gasteiger partial charge in [-0.25, -0.2) is 4.98 Å². The minimum absolute atomic E-state index is 0.688. The number of methoxy groups -OCH3 is 1. The lowest BCUT2D eigenvalue weighted by Crippen LogP contribution is -1.98. The molecule has 2 N–H and O–H groups in total. The van der Waals surface area contributed by atoms with Crippen LogP contribution in [0.15, 0.2) is 30.5 Å². The van der Waals surface area contributed by atoms with Crippen molar-refractivity contribution in [1.82, 2.24) is 4.98 Å². The number of ether oxygens (including phenoxy) is 1. The van der Waals surface area contributed by atoms with E-state index >= 15 is 0 Å². The minimum Gasteiger partial charge on any atom is -0.495 e. The Balaban J connectivity index is 2.34. The molecule has 0 fully saturated rings. The smallest absolute Gasteiger partial charge is 0.143 e. The van der Waals surface area contributed by atoms with Crippen molar-refractivity contribution in [3.8, 4) is 5.75 Å². The standard InChI is InChI=1S/C14H16ClN3O/c1-9-6-12(13(19-3)8-11(9)15)18-10-4-5-17-14(7-10)16-2/h4-8H,1-3H3,(H2,16,17,18). The lowest BCUT2D eigenvalue weighted by atomic mass is 10.2. The number of pyridine rings is 1. The molecule has 0 saturated heterocycles. The quantitative estimate of drug-likeness (QED) is 0.891. The molecule has 2 aromatic rings. The van der Waals surface area contributed by atoms with Gasteiger partial charge in [0.25, 0.3) is 0 Å². The molecule has 0 unspecified atom stereocenters.